The van der Waals surface area contributed by atoms with Crippen molar-refractivity contribution in [2.45, 2.75) is 195 Å². The molecule has 4 heteroatoms. The van der Waals surface area contributed by atoms with Gasteiger partial charge in [0.2, 0.25) is 0 Å². The second kappa shape index (κ2) is 17.3. The molecule has 374 valence electrons. The summed E-state index contributed by atoms with van der Waals surface area (Å²) in [5, 5.41) is 1.36. The number of nitrogens with zero attached hydrogens (tertiary/aromatic N) is 2. The van der Waals surface area contributed by atoms with E-state index in [2.05, 4.69) is 244 Å². The highest BCUT2D eigenvalue weighted by Crippen LogP contribution is 2.52. The molecule has 1 saturated carbocycles. The smallest absolute Gasteiger partial charge is 0.264 e. The molecule has 2 aliphatic heterocycles. The summed E-state index contributed by atoms with van der Waals surface area (Å²) in [7, 11) is 0. The van der Waals surface area contributed by atoms with E-state index >= 15 is 0 Å². The van der Waals surface area contributed by atoms with Gasteiger partial charge in [0.15, 0.2) is 0 Å². The predicted octanol–water partition coefficient (Wildman–Crippen LogP) is 18.5. The van der Waals surface area contributed by atoms with Crippen LogP contribution >= 0.6 is 11.3 Å². The molecule has 7 aromatic rings. The molecule has 1 aliphatic carbocycles. The first-order valence-corrected chi connectivity index (χ1v) is 28.2. The molecule has 2 nitrogen and oxygen atoms in total. The van der Waals surface area contributed by atoms with Gasteiger partial charge in [0.1, 0.15) is 0 Å². The molecular formula is C68H83BN2S. The molecule has 3 aliphatic rings. The van der Waals surface area contributed by atoms with Gasteiger partial charge >= 0.3 is 0 Å². The van der Waals surface area contributed by atoms with Crippen molar-refractivity contribution in [3.63, 3.8) is 0 Å². The molecule has 6 aromatic carbocycles. The fourth-order valence-electron chi connectivity index (χ4n) is 11.8. The Morgan fingerprint density at radius 1 is 0.431 bits per heavy atom. The first-order chi connectivity index (χ1) is 33.5. The van der Waals surface area contributed by atoms with E-state index in [0.29, 0.717) is 5.92 Å². The Morgan fingerprint density at radius 3 is 1.47 bits per heavy atom. The maximum Gasteiger partial charge on any atom is 0.264 e. The Labute approximate surface area is 439 Å². The van der Waals surface area contributed by atoms with E-state index in [9.17, 15) is 0 Å². The number of hydrogen-bond donors (Lipinski definition) is 0. The predicted molar refractivity (Wildman–Crippen MR) is 319 cm³/mol. The maximum atomic E-state index is 2.74. The number of hydrogen-bond acceptors (Lipinski definition) is 3. The third-order valence-corrected chi connectivity index (χ3v) is 17.8. The molecule has 0 N–H and O–H groups in total. The Bertz CT molecular complexity index is 3190. The quantitative estimate of drug-likeness (QED) is 0.162. The number of thiophene rings is 1. The van der Waals surface area contributed by atoms with Crippen molar-refractivity contribution in [3.05, 3.63) is 148 Å². The fourth-order valence-corrected chi connectivity index (χ4v) is 13.1. The summed E-state index contributed by atoms with van der Waals surface area (Å²) in [4.78, 5) is 5.46. The lowest BCUT2D eigenvalue weighted by Gasteiger charge is -2.45. The van der Waals surface area contributed by atoms with Crippen LogP contribution in [-0.4, -0.2) is 6.71 Å². The Morgan fingerprint density at radius 2 is 0.917 bits per heavy atom. The highest BCUT2D eigenvalue weighted by molar-refractivity contribution is 7.33. The molecule has 72 heavy (non-hydrogen) atoms. The molecular weight excluding hydrogens is 888 g/mol. The SMILES string of the molecule is CC(C)(C)c1ccc(N2c3cc(C4CCCCC4)cc4c3B(c3cc(C(C)(C)C)ccc3N4c3ccc(C(C)(C)C)cc3-c3cc(C(C)(C)C)cc(C(C)(C)C)c3)c3sc4ccc(C(C)(C)C)cc4c32)cc1. The third kappa shape index (κ3) is 8.98. The highest BCUT2D eigenvalue weighted by atomic mass is 32.1. The summed E-state index contributed by atoms with van der Waals surface area (Å²) in [6, 6.07) is 44.9. The van der Waals surface area contributed by atoms with Gasteiger partial charge in [-0.05, 0) is 161 Å². The van der Waals surface area contributed by atoms with Crippen molar-refractivity contribution in [1.29, 1.82) is 0 Å². The largest absolute Gasteiger partial charge is 0.311 e. The highest BCUT2D eigenvalue weighted by Gasteiger charge is 2.47. The maximum absolute atomic E-state index is 2.74. The van der Waals surface area contributed by atoms with Crippen molar-refractivity contribution in [1.82, 2.24) is 0 Å². The summed E-state index contributed by atoms with van der Waals surface area (Å²) in [5.74, 6) is 0.504. The second-order valence-electron chi connectivity index (χ2n) is 28.3. The first-order valence-electron chi connectivity index (χ1n) is 27.4. The minimum absolute atomic E-state index is 0.00985. The molecule has 0 spiro atoms. The number of benzene rings is 6. The lowest BCUT2D eigenvalue weighted by Crippen LogP contribution is -2.60. The van der Waals surface area contributed by atoms with E-state index in [1.807, 2.05) is 11.3 Å². The summed E-state index contributed by atoms with van der Waals surface area (Å²) >= 11 is 2.02. The standard InChI is InChI=1S/C68H83BN2S/c1-63(2,3)45-24-29-51(30-25-45)70-57-36-43(42-22-20-19-21-23-42)37-58-60(57)69(62-61(70)53-40-47(65(7,8)9)28-33-59(53)72-62)54-41-48(66(10,11)12)27-32-56(54)71(58)55-31-26-46(64(4,5)6)39-52(55)44-34-49(67(13,14)15)38-50(35-44)68(16,17)18/h24-42H,19-23H2,1-18H3. The van der Waals surface area contributed by atoms with Gasteiger partial charge < -0.3 is 9.80 Å². The molecule has 3 heterocycles. The summed E-state index contributed by atoms with van der Waals surface area (Å²) in [6.45, 7) is 42.6. The number of fused-ring (bicyclic) bond motifs is 6. The van der Waals surface area contributed by atoms with Crippen LogP contribution in [0, 0.1) is 0 Å². The van der Waals surface area contributed by atoms with Gasteiger partial charge in [-0.2, -0.15) is 0 Å². The molecule has 1 aromatic heterocycles. The first kappa shape index (κ1) is 50.5. The van der Waals surface area contributed by atoms with E-state index < -0.39 is 0 Å². The van der Waals surface area contributed by atoms with Crippen LogP contribution in [0.4, 0.5) is 34.1 Å². The van der Waals surface area contributed by atoms with E-state index in [1.54, 1.807) is 0 Å². The summed E-state index contributed by atoms with van der Waals surface area (Å²) in [5.41, 5.74) is 22.8. The van der Waals surface area contributed by atoms with Crippen molar-refractivity contribution in [2.75, 3.05) is 9.80 Å². The topological polar surface area (TPSA) is 6.48 Å². The van der Waals surface area contributed by atoms with Crippen LogP contribution in [0.25, 0.3) is 21.2 Å². The van der Waals surface area contributed by atoms with Crippen molar-refractivity contribution >= 4 is 78.0 Å². The monoisotopic (exact) mass is 971 g/mol. The zero-order valence-corrected chi connectivity index (χ0v) is 48.2. The molecule has 0 radical (unpaired) electrons. The zero-order chi connectivity index (χ0) is 51.8. The summed E-state index contributed by atoms with van der Waals surface area (Å²) in [6.07, 6.45) is 6.36. The van der Waals surface area contributed by atoms with E-state index in [4.69, 9.17) is 0 Å². The molecule has 0 unspecified atom stereocenters. The molecule has 0 atom stereocenters. The van der Waals surface area contributed by atoms with Crippen LogP contribution in [0.3, 0.4) is 0 Å². The molecule has 1 fully saturated rings. The van der Waals surface area contributed by atoms with Gasteiger partial charge in [-0.1, -0.05) is 198 Å². The van der Waals surface area contributed by atoms with E-state index in [-0.39, 0.29) is 39.2 Å². The number of rotatable bonds is 4. The van der Waals surface area contributed by atoms with Gasteiger partial charge in [-0.25, -0.2) is 0 Å². The lowest BCUT2D eigenvalue weighted by atomic mass is 9.36. The molecule has 0 saturated heterocycles. The average molecular weight is 971 g/mol. The third-order valence-electron chi connectivity index (χ3n) is 16.6. The molecule has 0 amide bonds. The van der Waals surface area contributed by atoms with Crippen LogP contribution in [0.2, 0.25) is 0 Å². The Kier molecular flexibility index (Phi) is 12.1. The van der Waals surface area contributed by atoms with Gasteiger partial charge in [0.25, 0.3) is 6.71 Å². The lowest BCUT2D eigenvalue weighted by molar-refractivity contribution is 0.444. The van der Waals surface area contributed by atoms with Gasteiger partial charge in [-0.15, -0.1) is 11.3 Å². The Hall–Kier alpha value is -5.06. The molecule has 10 rings (SSSR count). The van der Waals surface area contributed by atoms with Gasteiger partial charge in [0, 0.05) is 43.2 Å². The average Bonchev–Trinajstić information content (AvgIpc) is 3.68. The van der Waals surface area contributed by atoms with Crippen molar-refractivity contribution in [3.8, 4) is 11.1 Å². The van der Waals surface area contributed by atoms with Crippen molar-refractivity contribution < 1.29 is 0 Å². The van der Waals surface area contributed by atoms with Gasteiger partial charge in [0.05, 0.1) is 11.4 Å². The van der Waals surface area contributed by atoms with Crippen LogP contribution in [0.15, 0.2) is 109 Å². The fraction of sp³-hybridized carbons (Fsp3) is 0.441. The minimum Gasteiger partial charge on any atom is -0.311 e. The van der Waals surface area contributed by atoms with E-state index in [0.717, 1.165) is 0 Å². The zero-order valence-electron chi connectivity index (χ0n) is 47.4. The Balaban J connectivity index is 1.36. The van der Waals surface area contributed by atoms with Crippen LogP contribution in [-0.2, 0) is 32.5 Å². The van der Waals surface area contributed by atoms with Gasteiger partial charge in [-0.3, -0.25) is 0 Å². The van der Waals surface area contributed by atoms with Crippen molar-refractivity contribution in [2.24, 2.45) is 0 Å². The van der Waals surface area contributed by atoms with E-state index in [1.165, 1.54) is 142 Å². The second-order valence-corrected chi connectivity index (χ2v) is 29.4. The minimum atomic E-state index is -0.0399. The summed E-state index contributed by atoms with van der Waals surface area (Å²) < 4.78 is 2.80. The number of anilines is 6. The normalized spacial score (nSPS) is 15.8. The van der Waals surface area contributed by atoms with Crippen LogP contribution in [0.1, 0.15) is 202 Å². The van der Waals surface area contributed by atoms with Crippen LogP contribution < -0.4 is 25.5 Å². The molecule has 0 bridgehead atoms. The van der Waals surface area contributed by atoms with Crippen LogP contribution in [0.5, 0.6) is 0 Å².